The lowest BCUT2D eigenvalue weighted by atomic mass is 10.1. The summed E-state index contributed by atoms with van der Waals surface area (Å²) in [7, 11) is 7.86. The lowest BCUT2D eigenvalue weighted by Crippen LogP contribution is -2.42. The summed E-state index contributed by atoms with van der Waals surface area (Å²) in [6, 6.07) is 0.235. The van der Waals surface area contributed by atoms with Gasteiger partial charge in [-0.3, -0.25) is 9.67 Å². The third-order valence-corrected chi connectivity index (χ3v) is 4.69. The van der Waals surface area contributed by atoms with Crippen LogP contribution >= 0.6 is 35.3 Å². The summed E-state index contributed by atoms with van der Waals surface area (Å²) in [5, 5.41) is 12.2. The molecule has 0 aliphatic heterocycles. The van der Waals surface area contributed by atoms with E-state index in [0.717, 1.165) is 30.5 Å². The molecule has 0 saturated heterocycles. The number of aromatic nitrogens is 3. The molecular formula is C16H28IN7S. The molecule has 0 aliphatic carbocycles. The van der Waals surface area contributed by atoms with Gasteiger partial charge in [0.15, 0.2) is 5.96 Å². The van der Waals surface area contributed by atoms with E-state index in [0.29, 0.717) is 0 Å². The van der Waals surface area contributed by atoms with Crippen LogP contribution in [0.5, 0.6) is 0 Å². The second-order valence-corrected chi connectivity index (χ2v) is 7.24. The fourth-order valence-corrected chi connectivity index (χ4v) is 3.22. The van der Waals surface area contributed by atoms with Crippen LogP contribution in [0.2, 0.25) is 0 Å². The van der Waals surface area contributed by atoms with Crippen LogP contribution in [0.25, 0.3) is 0 Å². The first-order chi connectivity index (χ1) is 11.5. The summed E-state index contributed by atoms with van der Waals surface area (Å²) in [6.07, 6.45) is 6.78. The van der Waals surface area contributed by atoms with Crippen molar-refractivity contribution >= 4 is 41.3 Å². The van der Waals surface area contributed by atoms with E-state index in [4.69, 9.17) is 0 Å². The first-order valence-electron chi connectivity index (χ1n) is 8.00. The van der Waals surface area contributed by atoms with Gasteiger partial charge in [-0.05, 0) is 21.0 Å². The molecule has 0 bridgehead atoms. The molecule has 0 fully saturated rings. The zero-order chi connectivity index (χ0) is 17.5. The van der Waals surface area contributed by atoms with Gasteiger partial charge in [0, 0.05) is 56.4 Å². The Morgan fingerprint density at radius 3 is 2.64 bits per heavy atom. The second kappa shape index (κ2) is 10.7. The van der Waals surface area contributed by atoms with Crippen LogP contribution in [0.1, 0.15) is 21.5 Å². The molecule has 1 unspecified atom stereocenters. The van der Waals surface area contributed by atoms with E-state index in [9.17, 15) is 0 Å². The van der Waals surface area contributed by atoms with Crippen molar-refractivity contribution in [1.29, 1.82) is 0 Å². The van der Waals surface area contributed by atoms with E-state index in [2.05, 4.69) is 51.6 Å². The Balaban J connectivity index is 0.00000312. The molecule has 0 radical (unpaired) electrons. The van der Waals surface area contributed by atoms with E-state index in [1.165, 1.54) is 10.4 Å². The minimum absolute atomic E-state index is 0. The Morgan fingerprint density at radius 1 is 1.36 bits per heavy atom. The van der Waals surface area contributed by atoms with Crippen LogP contribution < -0.4 is 10.6 Å². The number of rotatable bonds is 7. The highest BCUT2D eigenvalue weighted by atomic mass is 127. The van der Waals surface area contributed by atoms with E-state index in [-0.39, 0.29) is 30.0 Å². The number of nitrogens with zero attached hydrogens (tertiary/aromatic N) is 5. The fourth-order valence-electron chi connectivity index (χ4n) is 2.43. The molecule has 0 aliphatic rings. The summed E-state index contributed by atoms with van der Waals surface area (Å²) in [4.78, 5) is 12.1. The van der Waals surface area contributed by atoms with Crippen LogP contribution in [0.3, 0.4) is 0 Å². The molecule has 1 atom stereocenters. The number of halogens is 1. The fraction of sp³-hybridized carbons (Fsp3) is 0.562. The molecule has 9 heteroatoms. The van der Waals surface area contributed by atoms with Crippen molar-refractivity contribution in [3.8, 4) is 0 Å². The highest BCUT2D eigenvalue weighted by molar-refractivity contribution is 14.0. The van der Waals surface area contributed by atoms with Crippen LogP contribution in [0, 0.1) is 6.92 Å². The number of guanidine groups is 1. The zero-order valence-electron chi connectivity index (χ0n) is 15.5. The molecule has 0 aromatic carbocycles. The van der Waals surface area contributed by atoms with Crippen molar-refractivity contribution < 1.29 is 0 Å². The van der Waals surface area contributed by atoms with Gasteiger partial charge in [0.05, 0.1) is 17.2 Å². The lowest BCUT2D eigenvalue weighted by Gasteiger charge is -2.24. The Hall–Kier alpha value is -1.20. The average molecular weight is 477 g/mol. The van der Waals surface area contributed by atoms with Gasteiger partial charge in [0.2, 0.25) is 0 Å². The Labute approximate surface area is 171 Å². The van der Waals surface area contributed by atoms with Crippen molar-refractivity contribution in [3.63, 3.8) is 0 Å². The second-order valence-electron chi connectivity index (χ2n) is 5.92. The summed E-state index contributed by atoms with van der Waals surface area (Å²) >= 11 is 1.74. The summed E-state index contributed by atoms with van der Waals surface area (Å²) in [5.41, 5.74) is 1.18. The molecule has 0 spiro atoms. The van der Waals surface area contributed by atoms with E-state index >= 15 is 0 Å². The van der Waals surface area contributed by atoms with Crippen molar-refractivity contribution in [2.45, 2.75) is 19.4 Å². The molecule has 2 rings (SSSR count). The number of hydrogen-bond donors (Lipinski definition) is 2. The van der Waals surface area contributed by atoms with Gasteiger partial charge in [-0.2, -0.15) is 5.10 Å². The largest absolute Gasteiger partial charge is 0.356 e. The molecule has 0 saturated carbocycles. The normalized spacial score (nSPS) is 12.8. The number of hydrogen-bond acceptors (Lipinski definition) is 5. The maximum Gasteiger partial charge on any atom is 0.191 e. The number of aliphatic imine (C=N–C) groups is 1. The van der Waals surface area contributed by atoms with E-state index in [1.807, 2.05) is 30.3 Å². The molecule has 2 N–H and O–H groups in total. The minimum atomic E-state index is 0. The minimum Gasteiger partial charge on any atom is -0.356 e. The molecule has 0 amide bonds. The van der Waals surface area contributed by atoms with Crippen molar-refractivity contribution in [3.05, 3.63) is 34.0 Å². The Bertz CT molecular complexity index is 665. The smallest absolute Gasteiger partial charge is 0.191 e. The predicted molar refractivity (Wildman–Crippen MR) is 115 cm³/mol. The highest BCUT2D eigenvalue weighted by Gasteiger charge is 2.16. The Morgan fingerprint density at radius 2 is 2.12 bits per heavy atom. The van der Waals surface area contributed by atoms with Gasteiger partial charge in [0.1, 0.15) is 0 Å². The quantitative estimate of drug-likeness (QED) is 0.362. The van der Waals surface area contributed by atoms with Gasteiger partial charge < -0.3 is 15.5 Å². The molecule has 25 heavy (non-hydrogen) atoms. The van der Waals surface area contributed by atoms with Crippen LogP contribution in [0.4, 0.5) is 0 Å². The third-order valence-electron chi connectivity index (χ3n) is 3.72. The number of aryl methyl sites for hydroxylation is 2. The number of likely N-dealkylation sites (N-methyl/N-ethyl adjacent to an activating group) is 1. The summed E-state index contributed by atoms with van der Waals surface area (Å²) in [6.45, 7) is 3.65. The SMILES string of the molecule is CN=C(NCCc1ncc(C)s1)NCC(c1cnn(C)c1)N(C)C.I. The van der Waals surface area contributed by atoms with Gasteiger partial charge in [-0.25, -0.2) is 4.98 Å². The number of nitrogens with one attached hydrogen (secondary N) is 2. The molecule has 2 heterocycles. The monoisotopic (exact) mass is 477 g/mol. The average Bonchev–Trinajstić information content (AvgIpc) is 3.14. The van der Waals surface area contributed by atoms with Crippen LogP contribution in [-0.2, 0) is 13.5 Å². The zero-order valence-corrected chi connectivity index (χ0v) is 18.6. The number of thiazole rings is 1. The summed E-state index contributed by atoms with van der Waals surface area (Å²) < 4.78 is 1.83. The Kier molecular flexibility index (Phi) is 9.36. The van der Waals surface area contributed by atoms with Crippen molar-refractivity contribution in [1.82, 2.24) is 30.3 Å². The maximum absolute atomic E-state index is 4.38. The first-order valence-corrected chi connectivity index (χ1v) is 8.82. The molecule has 2 aromatic rings. The van der Waals surface area contributed by atoms with E-state index in [1.54, 1.807) is 18.4 Å². The molecular weight excluding hydrogens is 449 g/mol. The topological polar surface area (TPSA) is 70.4 Å². The van der Waals surface area contributed by atoms with Gasteiger partial charge in [-0.15, -0.1) is 35.3 Å². The standard InChI is InChI=1S/C16H27N7S.HI/c1-12-8-19-15(24-12)6-7-18-16(17-2)20-10-14(22(3)4)13-9-21-23(5)11-13;/h8-9,11,14H,6-7,10H2,1-5H3,(H2,17,18,20);1H. The molecule has 140 valence electrons. The predicted octanol–water partition coefficient (Wildman–Crippen LogP) is 1.81. The molecule has 2 aromatic heterocycles. The van der Waals surface area contributed by atoms with Crippen LogP contribution in [-0.4, -0.2) is 59.9 Å². The summed E-state index contributed by atoms with van der Waals surface area (Å²) in [5.74, 6) is 0.805. The third kappa shape index (κ3) is 6.90. The van der Waals surface area contributed by atoms with E-state index < -0.39 is 0 Å². The molecule has 7 nitrogen and oxygen atoms in total. The highest BCUT2D eigenvalue weighted by Crippen LogP contribution is 2.16. The van der Waals surface area contributed by atoms with Gasteiger partial charge in [0.25, 0.3) is 0 Å². The van der Waals surface area contributed by atoms with Crippen LogP contribution in [0.15, 0.2) is 23.6 Å². The van der Waals surface area contributed by atoms with Crippen molar-refractivity contribution in [2.75, 3.05) is 34.2 Å². The van der Waals surface area contributed by atoms with Gasteiger partial charge >= 0.3 is 0 Å². The first kappa shape index (κ1) is 21.8. The lowest BCUT2D eigenvalue weighted by molar-refractivity contribution is 0.298. The maximum atomic E-state index is 4.38. The van der Waals surface area contributed by atoms with Gasteiger partial charge in [-0.1, -0.05) is 0 Å². The van der Waals surface area contributed by atoms with Crippen molar-refractivity contribution in [2.24, 2.45) is 12.0 Å².